The first-order valence-electron chi connectivity index (χ1n) is 10.8. The number of benzene rings is 2. The quantitative estimate of drug-likeness (QED) is 0.537. The van der Waals surface area contributed by atoms with E-state index in [4.69, 9.17) is 4.74 Å². The summed E-state index contributed by atoms with van der Waals surface area (Å²) in [5, 5.41) is 0. The highest BCUT2D eigenvalue weighted by Crippen LogP contribution is 2.64. The van der Waals surface area contributed by atoms with Crippen LogP contribution in [0, 0.1) is 17.8 Å². The van der Waals surface area contributed by atoms with Crippen LogP contribution < -0.4 is 4.74 Å². The molecule has 4 bridgehead atoms. The topological polar surface area (TPSA) is 12.5 Å². The van der Waals surface area contributed by atoms with Crippen molar-refractivity contribution >= 4 is 0 Å². The summed E-state index contributed by atoms with van der Waals surface area (Å²) in [6.07, 6.45) is 2.55. The highest BCUT2D eigenvalue weighted by Gasteiger charge is 2.56. The molecular formula is C25H28F3NO. The molecule has 0 N–H and O–H groups in total. The van der Waals surface area contributed by atoms with Gasteiger partial charge in [0.15, 0.2) is 0 Å². The minimum atomic E-state index is -4.32. The van der Waals surface area contributed by atoms with Crippen LogP contribution in [0.4, 0.5) is 13.2 Å². The summed E-state index contributed by atoms with van der Waals surface area (Å²) in [6.45, 7) is 0. The monoisotopic (exact) mass is 415 g/mol. The summed E-state index contributed by atoms with van der Waals surface area (Å²) < 4.78 is 45.9. The fraction of sp³-hybridized carbons (Fsp3) is 0.520. The minimum absolute atomic E-state index is 0.209. The van der Waals surface area contributed by atoms with E-state index in [2.05, 4.69) is 12.1 Å². The van der Waals surface area contributed by atoms with E-state index in [0.717, 1.165) is 23.5 Å². The number of halogens is 3. The molecule has 0 radical (unpaired) electrons. The maximum atomic E-state index is 13.3. The molecule has 6 rings (SSSR count). The van der Waals surface area contributed by atoms with Crippen molar-refractivity contribution in [3.05, 3.63) is 59.7 Å². The van der Waals surface area contributed by atoms with Crippen molar-refractivity contribution in [1.82, 2.24) is 4.90 Å². The highest BCUT2D eigenvalue weighted by molar-refractivity contribution is 5.39. The normalized spacial score (nSPS) is 30.8. The molecule has 4 saturated carbocycles. The number of ether oxygens (including phenoxy) is 1. The molecule has 3 atom stereocenters. The van der Waals surface area contributed by atoms with E-state index in [-0.39, 0.29) is 5.56 Å². The first-order valence-corrected chi connectivity index (χ1v) is 10.8. The highest BCUT2D eigenvalue weighted by atomic mass is 19.4. The third-order valence-corrected chi connectivity index (χ3v) is 7.65. The number of rotatable bonds is 5. The molecular weight excluding hydrogens is 387 g/mol. The van der Waals surface area contributed by atoms with E-state index in [9.17, 15) is 13.2 Å². The van der Waals surface area contributed by atoms with E-state index in [0.29, 0.717) is 11.2 Å². The van der Waals surface area contributed by atoms with Gasteiger partial charge in [0.05, 0.1) is 0 Å². The fourth-order valence-corrected chi connectivity index (χ4v) is 6.67. The van der Waals surface area contributed by atoms with Crippen LogP contribution in [0.1, 0.15) is 49.3 Å². The van der Waals surface area contributed by atoms with Crippen molar-refractivity contribution in [3.8, 4) is 11.5 Å². The van der Waals surface area contributed by atoms with Crippen molar-refractivity contribution in [3.63, 3.8) is 0 Å². The van der Waals surface area contributed by atoms with Gasteiger partial charge < -0.3 is 4.74 Å². The summed E-state index contributed by atoms with van der Waals surface area (Å²) in [7, 11) is 2.87. The zero-order valence-electron chi connectivity index (χ0n) is 17.5. The predicted molar refractivity (Wildman–Crippen MR) is 111 cm³/mol. The molecule has 0 amide bonds. The Balaban J connectivity index is 1.29. The Hall–Kier alpha value is -2.01. The van der Waals surface area contributed by atoms with Gasteiger partial charge in [0, 0.05) is 0 Å². The molecule has 160 valence electrons. The van der Waals surface area contributed by atoms with Gasteiger partial charge in [-0.1, -0.05) is 24.3 Å². The van der Waals surface area contributed by atoms with Crippen LogP contribution in [0.5, 0.6) is 11.5 Å². The average Bonchev–Trinajstić information content (AvgIpc) is 3.09. The fourth-order valence-electron chi connectivity index (χ4n) is 6.67. The molecule has 0 heterocycles. The maximum Gasteiger partial charge on any atom is 0.408 e. The van der Waals surface area contributed by atoms with E-state index >= 15 is 0 Å². The number of hydrogen-bond acceptors (Lipinski definition) is 2. The number of nitrogens with zero attached hydrogens (tertiary/aromatic N) is 1. The van der Waals surface area contributed by atoms with Crippen LogP contribution in [0.3, 0.4) is 0 Å². The van der Waals surface area contributed by atoms with E-state index in [1.165, 1.54) is 68.8 Å². The number of alkyl halides is 3. The van der Waals surface area contributed by atoms with Gasteiger partial charge in [-0.15, -0.1) is 0 Å². The van der Waals surface area contributed by atoms with Crippen LogP contribution in [-0.4, -0.2) is 25.2 Å². The first kappa shape index (κ1) is 19.9. The lowest BCUT2D eigenvalue weighted by Crippen LogP contribution is -2.33. The SMILES string of the molecule is CN(C)C(c1ccc(Oc2ccc(C34CC5CC(C3)C(C5)C4)cc2)cc1)C(F)(F)F. The predicted octanol–water partition coefficient (Wildman–Crippen LogP) is 6.72. The largest absolute Gasteiger partial charge is 0.457 e. The molecule has 0 aliphatic heterocycles. The number of hydrogen-bond donors (Lipinski definition) is 0. The Morgan fingerprint density at radius 1 is 0.867 bits per heavy atom. The van der Waals surface area contributed by atoms with Crippen molar-refractivity contribution in [2.45, 2.75) is 49.7 Å². The van der Waals surface area contributed by atoms with E-state index in [1.807, 2.05) is 12.1 Å². The maximum absolute atomic E-state index is 13.3. The van der Waals surface area contributed by atoms with Crippen molar-refractivity contribution in [2.24, 2.45) is 17.8 Å². The molecule has 2 aromatic carbocycles. The average molecular weight is 415 g/mol. The molecule has 0 aromatic heterocycles. The lowest BCUT2D eigenvalue weighted by atomic mass is 9.66. The Bertz CT molecular complexity index is 884. The smallest absolute Gasteiger partial charge is 0.408 e. The zero-order valence-corrected chi connectivity index (χ0v) is 17.5. The zero-order chi connectivity index (χ0) is 21.1. The molecule has 4 aliphatic rings. The van der Waals surface area contributed by atoms with Crippen LogP contribution in [0.25, 0.3) is 0 Å². The Kier molecular flexibility index (Phi) is 4.66. The summed E-state index contributed by atoms with van der Waals surface area (Å²) in [5.41, 5.74) is 2.01. The van der Waals surface area contributed by atoms with Crippen molar-refractivity contribution < 1.29 is 17.9 Å². The third kappa shape index (κ3) is 3.41. The van der Waals surface area contributed by atoms with Gasteiger partial charge in [-0.3, -0.25) is 4.90 Å². The summed E-state index contributed by atoms with van der Waals surface area (Å²) >= 11 is 0. The lowest BCUT2D eigenvalue weighted by Gasteiger charge is -2.39. The minimum Gasteiger partial charge on any atom is -0.457 e. The first-order chi connectivity index (χ1) is 14.2. The Morgan fingerprint density at radius 3 is 1.87 bits per heavy atom. The molecule has 3 unspecified atom stereocenters. The molecule has 0 spiro atoms. The van der Waals surface area contributed by atoms with Crippen molar-refractivity contribution in [1.29, 1.82) is 0 Å². The van der Waals surface area contributed by atoms with Crippen LogP contribution in [0.2, 0.25) is 0 Å². The molecule has 4 fully saturated rings. The second kappa shape index (κ2) is 7.01. The van der Waals surface area contributed by atoms with Gasteiger partial charge in [-0.2, -0.15) is 13.2 Å². The molecule has 4 aliphatic carbocycles. The van der Waals surface area contributed by atoms with Gasteiger partial charge >= 0.3 is 6.18 Å². The molecule has 30 heavy (non-hydrogen) atoms. The molecule has 5 heteroatoms. The second-order valence-corrected chi connectivity index (χ2v) is 9.85. The van der Waals surface area contributed by atoms with Crippen LogP contribution in [-0.2, 0) is 5.41 Å². The lowest BCUT2D eigenvalue weighted by molar-refractivity contribution is -0.179. The second-order valence-electron chi connectivity index (χ2n) is 9.85. The molecule has 2 aromatic rings. The van der Waals surface area contributed by atoms with Gasteiger partial charge in [0.1, 0.15) is 17.5 Å². The summed E-state index contributed by atoms with van der Waals surface area (Å²) in [5.74, 6) is 4.05. The summed E-state index contributed by atoms with van der Waals surface area (Å²) in [4.78, 5) is 1.18. The third-order valence-electron chi connectivity index (χ3n) is 7.65. The van der Waals surface area contributed by atoms with Crippen LogP contribution in [0.15, 0.2) is 48.5 Å². The van der Waals surface area contributed by atoms with Gasteiger partial charge in [0.25, 0.3) is 0 Å². The Morgan fingerprint density at radius 2 is 1.40 bits per heavy atom. The molecule has 0 saturated heterocycles. The Labute approximate surface area is 176 Å². The standard InChI is InChI=1S/C25H28F3NO/c1-29(2)23(25(26,27)28)17-3-7-21(8-4-17)30-22-9-5-20(6-10-22)24-13-16-11-18(14-24)19(12-16)15-24/h3-10,16,18-19,23H,11-15H2,1-2H3. The van der Waals surface area contributed by atoms with Gasteiger partial charge in [-0.25, -0.2) is 0 Å². The summed E-state index contributed by atoms with van der Waals surface area (Å²) in [6, 6.07) is 13.0. The van der Waals surface area contributed by atoms with Crippen LogP contribution >= 0.6 is 0 Å². The van der Waals surface area contributed by atoms with E-state index in [1.54, 1.807) is 12.1 Å². The molecule has 2 nitrogen and oxygen atoms in total. The van der Waals surface area contributed by atoms with Gasteiger partial charge in [-0.05, 0) is 105 Å². The van der Waals surface area contributed by atoms with Gasteiger partial charge in [0.2, 0.25) is 0 Å². The van der Waals surface area contributed by atoms with Crippen molar-refractivity contribution in [2.75, 3.05) is 14.1 Å². The van der Waals surface area contributed by atoms with E-state index < -0.39 is 12.2 Å².